The van der Waals surface area contributed by atoms with Gasteiger partial charge in [-0.15, -0.1) is 0 Å². The molecule has 1 fully saturated rings. The molecular formula is C24H24N4O3. The Bertz CT molecular complexity index is 1090. The summed E-state index contributed by atoms with van der Waals surface area (Å²) >= 11 is 0. The van der Waals surface area contributed by atoms with Crippen molar-refractivity contribution >= 4 is 17.6 Å². The number of primary amides is 1. The van der Waals surface area contributed by atoms with E-state index in [0.717, 1.165) is 30.5 Å². The third-order valence-electron chi connectivity index (χ3n) is 5.34. The second kappa shape index (κ2) is 8.95. The van der Waals surface area contributed by atoms with Gasteiger partial charge in [0, 0.05) is 24.7 Å². The predicted molar refractivity (Wildman–Crippen MR) is 116 cm³/mol. The van der Waals surface area contributed by atoms with Crippen LogP contribution in [0.3, 0.4) is 0 Å². The molecule has 1 saturated carbocycles. The standard InChI is InChI=1S/C24H24N4O3/c25-23(30)22(29)20(13-16-7-3-1-4-8-16)26-24(31)19-15-28(14-17-11-12-17)27-21(19)18-9-5-2-6-10-18/h1-10,15,17,20H,11-14H2,(H2,25,30)(H,26,31)/t20-/m0/s1. The Kier molecular flexibility index (Phi) is 5.93. The minimum absolute atomic E-state index is 0.172. The van der Waals surface area contributed by atoms with E-state index in [0.29, 0.717) is 17.2 Å². The molecule has 3 N–H and O–H groups in total. The predicted octanol–water partition coefficient (Wildman–Crippen LogP) is 2.36. The van der Waals surface area contributed by atoms with Crippen molar-refractivity contribution in [2.45, 2.75) is 31.8 Å². The summed E-state index contributed by atoms with van der Waals surface area (Å²) < 4.78 is 1.79. The summed E-state index contributed by atoms with van der Waals surface area (Å²) in [5, 5.41) is 7.34. The third-order valence-corrected chi connectivity index (χ3v) is 5.34. The first kappa shape index (κ1) is 20.5. The van der Waals surface area contributed by atoms with Gasteiger partial charge in [0.1, 0.15) is 11.7 Å². The van der Waals surface area contributed by atoms with Gasteiger partial charge in [0.25, 0.3) is 11.8 Å². The molecule has 0 radical (unpaired) electrons. The van der Waals surface area contributed by atoms with Gasteiger partial charge >= 0.3 is 0 Å². The Labute approximate surface area is 180 Å². The topological polar surface area (TPSA) is 107 Å². The van der Waals surface area contributed by atoms with E-state index in [-0.39, 0.29) is 6.42 Å². The minimum Gasteiger partial charge on any atom is -0.363 e. The SMILES string of the molecule is NC(=O)C(=O)[C@H](Cc1ccccc1)NC(=O)c1cn(CC2CC2)nc1-c1ccccc1. The molecule has 0 saturated heterocycles. The first-order chi connectivity index (χ1) is 15.0. The minimum atomic E-state index is -1.08. The average molecular weight is 416 g/mol. The molecule has 1 heterocycles. The largest absolute Gasteiger partial charge is 0.363 e. The molecule has 1 aliphatic rings. The highest BCUT2D eigenvalue weighted by Crippen LogP contribution is 2.31. The Morgan fingerprint density at radius 3 is 2.29 bits per heavy atom. The molecule has 1 atom stereocenters. The number of hydrogen-bond acceptors (Lipinski definition) is 4. The van der Waals surface area contributed by atoms with Crippen molar-refractivity contribution < 1.29 is 14.4 Å². The summed E-state index contributed by atoms with van der Waals surface area (Å²) in [6.07, 6.45) is 4.21. The van der Waals surface area contributed by atoms with E-state index >= 15 is 0 Å². The molecule has 2 aromatic carbocycles. The zero-order chi connectivity index (χ0) is 21.8. The van der Waals surface area contributed by atoms with E-state index in [1.54, 1.807) is 10.9 Å². The number of nitrogens with zero attached hydrogens (tertiary/aromatic N) is 2. The van der Waals surface area contributed by atoms with E-state index in [1.807, 2.05) is 60.7 Å². The van der Waals surface area contributed by atoms with Crippen molar-refractivity contribution in [2.24, 2.45) is 11.7 Å². The molecule has 3 aromatic rings. The monoisotopic (exact) mass is 416 g/mol. The van der Waals surface area contributed by atoms with Gasteiger partial charge in [0.2, 0.25) is 5.78 Å². The number of carbonyl (C=O) groups is 3. The van der Waals surface area contributed by atoms with Crippen LogP contribution in [0.25, 0.3) is 11.3 Å². The van der Waals surface area contributed by atoms with Gasteiger partial charge in [-0.25, -0.2) is 0 Å². The van der Waals surface area contributed by atoms with Crippen LogP contribution in [0.4, 0.5) is 0 Å². The summed E-state index contributed by atoms with van der Waals surface area (Å²) in [7, 11) is 0. The van der Waals surface area contributed by atoms with Crippen molar-refractivity contribution in [3.05, 3.63) is 78.0 Å². The zero-order valence-corrected chi connectivity index (χ0v) is 17.0. The van der Waals surface area contributed by atoms with Gasteiger partial charge in [-0.1, -0.05) is 60.7 Å². The fraction of sp³-hybridized carbons (Fsp3) is 0.250. The van der Waals surface area contributed by atoms with Gasteiger partial charge in [-0.05, 0) is 24.3 Å². The number of ketones is 1. The van der Waals surface area contributed by atoms with E-state index in [1.165, 1.54) is 0 Å². The number of carbonyl (C=O) groups excluding carboxylic acids is 3. The van der Waals surface area contributed by atoms with Crippen molar-refractivity contribution in [2.75, 3.05) is 0 Å². The maximum Gasteiger partial charge on any atom is 0.287 e. The molecule has 158 valence electrons. The first-order valence-corrected chi connectivity index (χ1v) is 10.3. The lowest BCUT2D eigenvalue weighted by atomic mass is 10.0. The van der Waals surface area contributed by atoms with E-state index < -0.39 is 23.6 Å². The van der Waals surface area contributed by atoms with Crippen LogP contribution in [0, 0.1) is 5.92 Å². The Balaban J connectivity index is 1.62. The molecule has 7 nitrogen and oxygen atoms in total. The number of hydrogen-bond donors (Lipinski definition) is 2. The van der Waals surface area contributed by atoms with Gasteiger partial charge in [0.15, 0.2) is 0 Å². The molecule has 0 unspecified atom stereocenters. The summed E-state index contributed by atoms with van der Waals surface area (Å²) in [6.45, 7) is 0.751. The molecule has 4 rings (SSSR count). The normalized spacial score (nSPS) is 14.1. The maximum absolute atomic E-state index is 13.2. The zero-order valence-electron chi connectivity index (χ0n) is 17.0. The van der Waals surface area contributed by atoms with Crippen molar-refractivity contribution in [1.29, 1.82) is 0 Å². The second-order valence-electron chi connectivity index (χ2n) is 7.87. The summed E-state index contributed by atoms with van der Waals surface area (Å²) in [5.41, 5.74) is 7.77. The maximum atomic E-state index is 13.2. The smallest absolute Gasteiger partial charge is 0.287 e. The average Bonchev–Trinajstić information content (AvgIpc) is 3.49. The van der Waals surface area contributed by atoms with Crippen LogP contribution in [0.1, 0.15) is 28.8 Å². The molecule has 1 aliphatic carbocycles. The quantitative estimate of drug-likeness (QED) is 0.522. The van der Waals surface area contributed by atoms with Gasteiger partial charge in [-0.2, -0.15) is 5.10 Å². The molecule has 31 heavy (non-hydrogen) atoms. The third kappa shape index (κ3) is 5.06. The molecule has 0 bridgehead atoms. The summed E-state index contributed by atoms with van der Waals surface area (Å²) in [5.74, 6) is -1.78. The van der Waals surface area contributed by atoms with Crippen LogP contribution in [0.5, 0.6) is 0 Å². The Morgan fingerprint density at radius 2 is 1.68 bits per heavy atom. The van der Waals surface area contributed by atoms with Gasteiger partial charge in [-0.3, -0.25) is 19.1 Å². The molecular weight excluding hydrogens is 392 g/mol. The van der Waals surface area contributed by atoms with Gasteiger partial charge < -0.3 is 11.1 Å². The number of aromatic nitrogens is 2. The van der Waals surface area contributed by atoms with Crippen LogP contribution in [-0.2, 0) is 22.6 Å². The molecule has 0 spiro atoms. The van der Waals surface area contributed by atoms with E-state index in [2.05, 4.69) is 10.4 Å². The molecule has 2 amide bonds. The summed E-state index contributed by atoms with van der Waals surface area (Å²) in [6, 6.07) is 17.6. The fourth-order valence-corrected chi connectivity index (χ4v) is 3.52. The Hall–Kier alpha value is -3.74. The lowest BCUT2D eigenvalue weighted by molar-refractivity contribution is -0.137. The highest BCUT2D eigenvalue weighted by molar-refractivity contribution is 6.38. The van der Waals surface area contributed by atoms with Crippen molar-refractivity contribution in [3.63, 3.8) is 0 Å². The molecule has 7 heteroatoms. The molecule has 0 aliphatic heterocycles. The number of nitrogens with two attached hydrogens (primary N) is 1. The van der Waals surface area contributed by atoms with E-state index in [4.69, 9.17) is 5.73 Å². The van der Waals surface area contributed by atoms with Gasteiger partial charge in [0.05, 0.1) is 5.56 Å². The summed E-state index contributed by atoms with van der Waals surface area (Å²) in [4.78, 5) is 37.2. The lowest BCUT2D eigenvalue weighted by Gasteiger charge is -2.16. The highest BCUT2D eigenvalue weighted by atomic mass is 16.2. The van der Waals surface area contributed by atoms with Crippen molar-refractivity contribution in [3.8, 4) is 11.3 Å². The van der Waals surface area contributed by atoms with Crippen LogP contribution in [-0.4, -0.2) is 33.4 Å². The highest BCUT2D eigenvalue weighted by Gasteiger charge is 2.29. The van der Waals surface area contributed by atoms with Crippen molar-refractivity contribution in [1.82, 2.24) is 15.1 Å². The van der Waals surface area contributed by atoms with Crippen LogP contribution in [0.2, 0.25) is 0 Å². The number of nitrogens with one attached hydrogen (secondary N) is 1. The lowest BCUT2D eigenvalue weighted by Crippen LogP contribution is -2.47. The number of benzene rings is 2. The Morgan fingerprint density at radius 1 is 1.03 bits per heavy atom. The van der Waals surface area contributed by atoms with E-state index in [9.17, 15) is 14.4 Å². The molecule has 1 aromatic heterocycles. The van der Waals surface area contributed by atoms with Crippen LogP contribution < -0.4 is 11.1 Å². The van der Waals surface area contributed by atoms with Crippen LogP contribution in [0.15, 0.2) is 66.9 Å². The first-order valence-electron chi connectivity index (χ1n) is 10.3. The fourth-order valence-electron chi connectivity index (χ4n) is 3.52. The van der Waals surface area contributed by atoms with Crippen LogP contribution >= 0.6 is 0 Å². The second-order valence-corrected chi connectivity index (χ2v) is 7.87. The number of Topliss-reactive ketones (excluding diaryl/α,β-unsaturated/α-hetero) is 1. The number of rotatable bonds is 9. The number of amides is 2.